The molecule has 0 aliphatic carbocycles. The number of carbonyl (C=O) groups is 2. The summed E-state index contributed by atoms with van der Waals surface area (Å²) in [6.07, 6.45) is 2.37. The molecule has 6 heteroatoms. The number of primary amides is 1. The topological polar surface area (TPSA) is 83.6 Å². The van der Waals surface area contributed by atoms with Gasteiger partial charge in [-0.3, -0.25) is 9.69 Å². The molecule has 0 unspecified atom stereocenters. The molecule has 3 N–H and O–H groups in total. The SMILES string of the molecule is NC(=O)CC1CCN(Cc2ccsc2C(=O)O)CC1. The van der Waals surface area contributed by atoms with Gasteiger partial charge in [-0.1, -0.05) is 0 Å². The van der Waals surface area contributed by atoms with E-state index in [0.29, 0.717) is 23.8 Å². The highest BCUT2D eigenvalue weighted by molar-refractivity contribution is 7.12. The highest BCUT2D eigenvalue weighted by Crippen LogP contribution is 2.24. The molecule has 1 aromatic rings. The van der Waals surface area contributed by atoms with E-state index < -0.39 is 5.97 Å². The Balaban J connectivity index is 1.87. The number of carbonyl (C=O) groups excluding carboxylic acids is 1. The van der Waals surface area contributed by atoms with Gasteiger partial charge in [-0.2, -0.15) is 0 Å². The van der Waals surface area contributed by atoms with Gasteiger partial charge < -0.3 is 10.8 Å². The Hall–Kier alpha value is -1.40. The predicted octanol–water partition coefficient (Wildman–Crippen LogP) is 1.53. The Bertz CT molecular complexity index is 464. The third-order valence-corrected chi connectivity index (χ3v) is 4.48. The Morgan fingerprint density at radius 1 is 1.42 bits per heavy atom. The standard InChI is InChI=1S/C13H18N2O3S/c14-11(16)7-9-1-4-15(5-2-9)8-10-3-6-19-12(10)13(17)18/h3,6,9H,1-2,4-5,7-8H2,(H2,14,16)(H,17,18). The Morgan fingerprint density at radius 2 is 2.11 bits per heavy atom. The fourth-order valence-electron chi connectivity index (χ4n) is 2.52. The van der Waals surface area contributed by atoms with E-state index in [1.165, 1.54) is 11.3 Å². The van der Waals surface area contributed by atoms with Crippen LogP contribution in [0.15, 0.2) is 11.4 Å². The van der Waals surface area contributed by atoms with Crippen LogP contribution in [0, 0.1) is 5.92 Å². The van der Waals surface area contributed by atoms with Crippen molar-refractivity contribution in [3.8, 4) is 0 Å². The minimum absolute atomic E-state index is 0.232. The third-order valence-electron chi connectivity index (χ3n) is 3.53. The van der Waals surface area contributed by atoms with Gasteiger partial charge in [0, 0.05) is 13.0 Å². The van der Waals surface area contributed by atoms with Crippen molar-refractivity contribution in [2.75, 3.05) is 13.1 Å². The van der Waals surface area contributed by atoms with Crippen LogP contribution in [0.5, 0.6) is 0 Å². The number of amides is 1. The maximum Gasteiger partial charge on any atom is 0.346 e. The van der Waals surface area contributed by atoms with E-state index in [0.717, 1.165) is 31.5 Å². The van der Waals surface area contributed by atoms with Crippen LogP contribution in [0.1, 0.15) is 34.5 Å². The molecule has 0 saturated carbocycles. The quantitative estimate of drug-likeness (QED) is 0.858. The molecule has 1 saturated heterocycles. The van der Waals surface area contributed by atoms with Gasteiger partial charge in [-0.15, -0.1) is 11.3 Å². The second-order valence-corrected chi connectivity index (χ2v) is 5.89. The number of carboxylic acid groups (broad SMARTS) is 1. The lowest BCUT2D eigenvalue weighted by molar-refractivity contribution is -0.119. The van der Waals surface area contributed by atoms with Crippen molar-refractivity contribution in [2.24, 2.45) is 11.7 Å². The van der Waals surface area contributed by atoms with E-state index in [4.69, 9.17) is 10.8 Å². The molecule has 1 fully saturated rings. The van der Waals surface area contributed by atoms with Crippen LogP contribution in [0.4, 0.5) is 0 Å². The minimum Gasteiger partial charge on any atom is -0.477 e. The molecule has 19 heavy (non-hydrogen) atoms. The molecule has 0 bridgehead atoms. The van der Waals surface area contributed by atoms with Crippen LogP contribution in [-0.2, 0) is 11.3 Å². The Labute approximate surface area is 116 Å². The summed E-state index contributed by atoms with van der Waals surface area (Å²) in [6, 6.07) is 1.88. The number of nitrogens with zero attached hydrogens (tertiary/aromatic N) is 1. The van der Waals surface area contributed by atoms with E-state index >= 15 is 0 Å². The summed E-state index contributed by atoms with van der Waals surface area (Å²) in [6.45, 7) is 2.47. The zero-order valence-corrected chi connectivity index (χ0v) is 11.5. The highest BCUT2D eigenvalue weighted by atomic mass is 32.1. The van der Waals surface area contributed by atoms with Crippen LogP contribution in [0.3, 0.4) is 0 Å². The third kappa shape index (κ3) is 3.78. The number of rotatable bonds is 5. The first-order chi connectivity index (χ1) is 9.06. The molecule has 0 spiro atoms. The number of likely N-dealkylation sites (tertiary alicyclic amines) is 1. The van der Waals surface area contributed by atoms with Crippen LogP contribution in [0.25, 0.3) is 0 Å². The molecule has 104 valence electrons. The first kappa shape index (κ1) is 14.0. The molecule has 0 aromatic carbocycles. The van der Waals surface area contributed by atoms with Crippen molar-refractivity contribution < 1.29 is 14.7 Å². The molecule has 1 aromatic heterocycles. The molecule has 1 aliphatic heterocycles. The summed E-state index contributed by atoms with van der Waals surface area (Å²) in [7, 11) is 0. The van der Waals surface area contributed by atoms with Gasteiger partial charge in [0.05, 0.1) is 0 Å². The van der Waals surface area contributed by atoms with E-state index in [-0.39, 0.29) is 5.91 Å². The van der Waals surface area contributed by atoms with Crippen molar-refractivity contribution in [3.63, 3.8) is 0 Å². The Morgan fingerprint density at radius 3 is 2.68 bits per heavy atom. The second-order valence-electron chi connectivity index (χ2n) is 4.97. The second kappa shape index (κ2) is 6.16. The van der Waals surface area contributed by atoms with Gasteiger partial charge in [0.2, 0.25) is 5.91 Å². The number of aromatic carboxylic acids is 1. The Kier molecular flexibility index (Phi) is 4.55. The van der Waals surface area contributed by atoms with E-state index in [2.05, 4.69) is 4.90 Å². The van der Waals surface area contributed by atoms with Crippen molar-refractivity contribution in [2.45, 2.75) is 25.8 Å². The van der Waals surface area contributed by atoms with Crippen LogP contribution in [-0.4, -0.2) is 35.0 Å². The smallest absolute Gasteiger partial charge is 0.346 e. The fourth-order valence-corrected chi connectivity index (χ4v) is 3.28. The van der Waals surface area contributed by atoms with Crippen molar-refractivity contribution in [1.29, 1.82) is 0 Å². The lowest BCUT2D eigenvalue weighted by atomic mass is 9.93. The van der Waals surface area contributed by atoms with E-state index in [9.17, 15) is 9.59 Å². The number of nitrogens with two attached hydrogens (primary N) is 1. The lowest BCUT2D eigenvalue weighted by Crippen LogP contribution is -2.34. The zero-order chi connectivity index (χ0) is 13.8. The van der Waals surface area contributed by atoms with Gasteiger partial charge in [0.25, 0.3) is 0 Å². The number of thiophene rings is 1. The van der Waals surface area contributed by atoms with E-state index in [1.54, 1.807) is 0 Å². The molecule has 0 atom stereocenters. The molecule has 2 heterocycles. The summed E-state index contributed by atoms with van der Waals surface area (Å²) < 4.78 is 0. The monoisotopic (exact) mass is 282 g/mol. The zero-order valence-electron chi connectivity index (χ0n) is 10.7. The van der Waals surface area contributed by atoms with Crippen molar-refractivity contribution in [1.82, 2.24) is 4.90 Å². The molecule has 1 aliphatic rings. The van der Waals surface area contributed by atoms with E-state index in [1.807, 2.05) is 11.4 Å². The van der Waals surface area contributed by atoms with Gasteiger partial charge in [-0.25, -0.2) is 4.79 Å². The average molecular weight is 282 g/mol. The number of piperidine rings is 1. The highest BCUT2D eigenvalue weighted by Gasteiger charge is 2.22. The summed E-state index contributed by atoms with van der Waals surface area (Å²) in [5.74, 6) is -0.701. The van der Waals surface area contributed by atoms with Gasteiger partial charge >= 0.3 is 5.97 Å². The van der Waals surface area contributed by atoms with Gasteiger partial charge in [0.15, 0.2) is 0 Å². The average Bonchev–Trinajstić information content (AvgIpc) is 2.79. The maximum absolute atomic E-state index is 11.0. The molecule has 0 radical (unpaired) electrons. The largest absolute Gasteiger partial charge is 0.477 e. The summed E-state index contributed by atoms with van der Waals surface area (Å²) in [5.41, 5.74) is 6.08. The predicted molar refractivity (Wildman–Crippen MR) is 73.1 cm³/mol. The summed E-state index contributed by atoms with van der Waals surface area (Å²) >= 11 is 1.27. The minimum atomic E-state index is -0.853. The normalized spacial score (nSPS) is 17.5. The van der Waals surface area contributed by atoms with Gasteiger partial charge in [-0.05, 0) is 48.9 Å². The number of hydrogen-bond acceptors (Lipinski definition) is 4. The molecule has 5 nitrogen and oxygen atoms in total. The van der Waals surface area contributed by atoms with Crippen molar-refractivity contribution in [3.05, 3.63) is 21.9 Å². The first-order valence-corrected chi connectivity index (χ1v) is 7.24. The summed E-state index contributed by atoms with van der Waals surface area (Å²) in [5, 5.41) is 10.9. The molecule has 2 rings (SSSR count). The van der Waals surface area contributed by atoms with Crippen LogP contribution in [0.2, 0.25) is 0 Å². The fraction of sp³-hybridized carbons (Fsp3) is 0.538. The maximum atomic E-state index is 11.0. The van der Waals surface area contributed by atoms with Gasteiger partial charge in [0.1, 0.15) is 4.88 Å². The molecular weight excluding hydrogens is 264 g/mol. The molecule has 1 amide bonds. The van der Waals surface area contributed by atoms with Crippen molar-refractivity contribution >= 4 is 23.2 Å². The summed E-state index contributed by atoms with van der Waals surface area (Å²) in [4.78, 5) is 24.6. The lowest BCUT2D eigenvalue weighted by Gasteiger charge is -2.31. The number of hydrogen-bond donors (Lipinski definition) is 2. The first-order valence-electron chi connectivity index (χ1n) is 6.36. The van der Waals surface area contributed by atoms with Crippen LogP contribution >= 0.6 is 11.3 Å². The molecular formula is C13H18N2O3S. The number of carboxylic acids is 1. The van der Waals surface area contributed by atoms with Crippen LogP contribution < -0.4 is 5.73 Å².